The molecule has 1 aromatic carbocycles. The van der Waals surface area contributed by atoms with E-state index >= 15 is 0 Å². The fraction of sp³-hybridized carbons (Fsp3) is 0.533. The van der Waals surface area contributed by atoms with Crippen molar-refractivity contribution in [2.75, 3.05) is 18.9 Å². The van der Waals surface area contributed by atoms with Gasteiger partial charge in [-0.2, -0.15) is 0 Å². The summed E-state index contributed by atoms with van der Waals surface area (Å²) in [5.74, 6) is 0.394. The molecule has 0 bridgehead atoms. The molecule has 0 spiro atoms. The van der Waals surface area contributed by atoms with Gasteiger partial charge in [-0.05, 0) is 37.4 Å². The number of benzene rings is 1. The van der Waals surface area contributed by atoms with Crippen molar-refractivity contribution < 1.29 is 4.79 Å². The van der Waals surface area contributed by atoms with Gasteiger partial charge in [-0.3, -0.25) is 0 Å². The molecule has 1 saturated carbocycles. The van der Waals surface area contributed by atoms with Gasteiger partial charge in [0.05, 0.1) is 10.7 Å². The van der Waals surface area contributed by atoms with E-state index in [2.05, 4.69) is 5.32 Å². The Labute approximate surface area is 125 Å². The molecule has 3 N–H and O–H groups in total. The first-order valence-electron chi connectivity index (χ1n) is 7.12. The molecule has 0 aliphatic heterocycles. The van der Waals surface area contributed by atoms with Gasteiger partial charge in [0.15, 0.2) is 0 Å². The number of carbonyl (C=O) groups is 1. The van der Waals surface area contributed by atoms with Crippen LogP contribution in [0.2, 0.25) is 5.02 Å². The SMILES string of the molecule is CN(C(=O)Nc1ccccc1Cl)C1CCCCC1CN. The lowest BCUT2D eigenvalue weighted by Gasteiger charge is -2.37. The summed E-state index contributed by atoms with van der Waals surface area (Å²) in [6, 6.07) is 7.35. The smallest absolute Gasteiger partial charge is 0.321 e. The maximum Gasteiger partial charge on any atom is 0.321 e. The summed E-state index contributed by atoms with van der Waals surface area (Å²) in [5.41, 5.74) is 6.47. The van der Waals surface area contributed by atoms with Crippen molar-refractivity contribution >= 4 is 23.3 Å². The predicted octanol–water partition coefficient (Wildman–Crippen LogP) is 3.32. The Morgan fingerprint density at radius 1 is 1.40 bits per heavy atom. The Kier molecular flexibility index (Phi) is 5.26. The number of rotatable bonds is 3. The highest BCUT2D eigenvalue weighted by Gasteiger charge is 2.29. The number of para-hydroxylation sites is 1. The van der Waals surface area contributed by atoms with Gasteiger partial charge >= 0.3 is 6.03 Å². The number of hydrogen-bond acceptors (Lipinski definition) is 2. The molecule has 0 heterocycles. The van der Waals surface area contributed by atoms with Crippen LogP contribution < -0.4 is 11.1 Å². The van der Waals surface area contributed by atoms with E-state index in [0.29, 0.717) is 23.2 Å². The van der Waals surface area contributed by atoms with E-state index in [4.69, 9.17) is 17.3 Å². The molecule has 1 aromatic rings. The van der Waals surface area contributed by atoms with Gasteiger partial charge in [-0.25, -0.2) is 4.79 Å². The molecule has 20 heavy (non-hydrogen) atoms. The van der Waals surface area contributed by atoms with E-state index in [1.807, 2.05) is 19.2 Å². The van der Waals surface area contributed by atoms with Crippen LogP contribution in [0.25, 0.3) is 0 Å². The average molecular weight is 296 g/mol. The van der Waals surface area contributed by atoms with Crippen LogP contribution in [0.3, 0.4) is 0 Å². The van der Waals surface area contributed by atoms with Crippen LogP contribution >= 0.6 is 11.6 Å². The lowest BCUT2D eigenvalue weighted by Crippen LogP contribution is -2.47. The van der Waals surface area contributed by atoms with Crippen molar-refractivity contribution in [2.45, 2.75) is 31.7 Å². The fourth-order valence-electron chi connectivity index (χ4n) is 2.89. The van der Waals surface area contributed by atoms with Crippen LogP contribution in [0, 0.1) is 5.92 Å². The standard InChI is InChI=1S/C15H22ClN3O/c1-19(14-9-5-2-6-11(14)10-17)15(20)18-13-8-4-3-7-12(13)16/h3-4,7-8,11,14H,2,5-6,9-10,17H2,1H3,(H,18,20). The fourth-order valence-corrected chi connectivity index (χ4v) is 3.07. The zero-order valence-corrected chi connectivity index (χ0v) is 12.6. The third-order valence-electron chi connectivity index (χ3n) is 4.10. The topological polar surface area (TPSA) is 58.4 Å². The molecule has 1 aliphatic carbocycles. The number of anilines is 1. The first kappa shape index (κ1) is 15.1. The van der Waals surface area contributed by atoms with Gasteiger partial charge in [-0.15, -0.1) is 0 Å². The Hall–Kier alpha value is -1.26. The molecular weight excluding hydrogens is 274 g/mol. The second-order valence-electron chi connectivity index (χ2n) is 5.37. The Balaban J connectivity index is 2.03. The van der Waals surface area contributed by atoms with Crippen LogP contribution in [0.4, 0.5) is 10.5 Å². The molecule has 0 radical (unpaired) electrons. The monoisotopic (exact) mass is 295 g/mol. The van der Waals surface area contributed by atoms with E-state index in [1.165, 1.54) is 6.42 Å². The van der Waals surface area contributed by atoms with Crippen molar-refractivity contribution in [3.05, 3.63) is 29.3 Å². The van der Waals surface area contributed by atoms with E-state index in [0.717, 1.165) is 19.3 Å². The lowest BCUT2D eigenvalue weighted by molar-refractivity contribution is 0.150. The lowest BCUT2D eigenvalue weighted by atomic mass is 9.84. The minimum absolute atomic E-state index is 0.122. The van der Waals surface area contributed by atoms with Crippen molar-refractivity contribution in [2.24, 2.45) is 11.7 Å². The predicted molar refractivity (Wildman–Crippen MR) is 83.0 cm³/mol. The summed E-state index contributed by atoms with van der Waals surface area (Å²) in [4.78, 5) is 14.1. The number of nitrogens with two attached hydrogens (primary N) is 1. The van der Waals surface area contributed by atoms with E-state index in [-0.39, 0.29) is 12.1 Å². The number of carbonyl (C=O) groups excluding carboxylic acids is 1. The maximum absolute atomic E-state index is 12.3. The van der Waals surface area contributed by atoms with Gasteiger partial charge in [0, 0.05) is 13.1 Å². The van der Waals surface area contributed by atoms with E-state index in [1.54, 1.807) is 17.0 Å². The normalized spacial score (nSPS) is 22.4. The van der Waals surface area contributed by atoms with Crippen LogP contribution in [-0.2, 0) is 0 Å². The summed E-state index contributed by atoms with van der Waals surface area (Å²) in [6.45, 7) is 0.633. The third kappa shape index (κ3) is 3.44. The molecule has 5 heteroatoms. The minimum atomic E-state index is -0.122. The highest BCUT2D eigenvalue weighted by atomic mass is 35.5. The zero-order chi connectivity index (χ0) is 14.5. The van der Waals surface area contributed by atoms with Crippen molar-refractivity contribution in [3.63, 3.8) is 0 Å². The van der Waals surface area contributed by atoms with Gasteiger partial charge in [0.25, 0.3) is 0 Å². The summed E-state index contributed by atoms with van der Waals surface area (Å²) < 4.78 is 0. The largest absolute Gasteiger partial charge is 0.330 e. The number of amides is 2. The van der Waals surface area contributed by atoms with Gasteiger partial charge in [0.1, 0.15) is 0 Å². The van der Waals surface area contributed by atoms with Gasteiger partial charge in [0.2, 0.25) is 0 Å². The molecule has 2 amide bonds. The summed E-state index contributed by atoms with van der Waals surface area (Å²) in [6.07, 6.45) is 4.49. The number of halogens is 1. The van der Waals surface area contributed by atoms with Gasteiger partial charge in [-0.1, -0.05) is 36.6 Å². The van der Waals surface area contributed by atoms with E-state index in [9.17, 15) is 4.79 Å². The zero-order valence-electron chi connectivity index (χ0n) is 11.8. The summed E-state index contributed by atoms with van der Waals surface area (Å²) in [7, 11) is 1.84. The second-order valence-corrected chi connectivity index (χ2v) is 5.78. The second kappa shape index (κ2) is 6.95. The molecule has 110 valence electrons. The first-order chi connectivity index (χ1) is 9.63. The van der Waals surface area contributed by atoms with Crippen molar-refractivity contribution in [1.82, 2.24) is 4.90 Å². The minimum Gasteiger partial charge on any atom is -0.330 e. The highest BCUT2D eigenvalue weighted by molar-refractivity contribution is 6.33. The molecule has 0 saturated heterocycles. The number of nitrogens with one attached hydrogen (secondary N) is 1. The Morgan fingerprint density at radius 2 is 2.10 bits per heavy atom. The number of nitrogens with zero attached hydrogens (tertiary/aromatic N) is 1. The molecule has 0 aromatic heterocycles. The third-order valence-corrected chi connectivity index (χ3v) is 4.43. The van der Waals surface area contributed by atoms with Crippen LogP contribution in [0.5, 0.6) is 0 Å². The van der Waals surface area contributed by atoms with Crippen LogP contribution in [0.15, 0.2) is 24.3 Å². The van der Waals surface area contributed by atoms with Crippen molar-refractivity contribution in [1.29, 1.82) is 0 Å². The number of urea groups is 1. The Morgan fingerprint density at radius 3 is 2.80 bits per heavy atom. The summed E-state index contributed by atoms with van der Waals surface area (Å²) in [5, 5.41) is 3.42. The molecule has 2 unspecified atom stereocenters. The van der Waals surface area contributed by atoms with E-state index < -0.39 is 0 Å². The molecule has 1 aliphatic rings. The maximum atomic E-state index is 12.3. The Bertz CT molecular complexity index is 466. The van der Waals surface area contributed by atoms with Crippen LogP contribution in [0.1, 0.15) is 25.7 Å². The molecule has 2 rings (SSSR count). The molecule has 2 atom stereocenters. The molecule has 1 fully saturated rings. The average Bonchev–Trinajstić information content (AvgIpc) is 2.48. The quantitative estimate of drug-likeness (QED) is 0.898. The molecular formula is C15H22ClN3O. The first-order valence-corrected chi connectivity index (χ1v) is 7.49. The van der Waals surface area contributed by atoms with Crippen molar-refractivity contribution in [3.8, 4) is 0 Å². The number of hydrogen-bond donors (Lipinski definition) is 2. The highest BCUT2D eigenvalue weighted by Crippen LogP contribution is 2.28. The van der Waals surface area contributed by atoms with Gasteiger partial charge < -0.3 is 16.0 Å². The molecule has 4 nitrogen and oxygen atoms in total. The van der Waals surface area contributed by atoms with Crippen LogP contribution in [-0.4, -0.2) is 30.6 Å². The summed E-state index contributed by atoms with van der Waals surface area (Å²) >= 11 is 6.06.